The van der Waals surface area contributed by atoms with Crippen molar-refractivity contribution in [2.75, 3.05) is 43.5 Å². The van der Waals surface area contributed by atoms with Gasteiger partial charge >= 0.3 is 6.03 Å². The lowest BCUT2D eigenvalue weighted by Gasteiger charge is -2.36. The lowest BCUT2D eigenvalue weighted by molar-refractivity contribution is -0.384. The van der Waals surface area contributed by atoms with Gasteiger partial charge in [0.15, 0.2) is 0 Å². The van der Waals surface area contributed by atoms with Gasteiger partial charge in [-0.05, 0) is 36.8 Å². The number of piperazine rings is 1. The molecule has 0 aliphatic carbocycles. The number of amides is 2. The number of rotatable bonds is 4. The maximum atomic E-state index is 12.6. The van der Waals surface area contributed by atoms with E-state index in [2.05, 4.69) is 10.2 Å². The van der Waals surface area contributed by atoms with Gasteiger partial charge < -0.3 is 19.9 Å². The monoisotopic (exact) mass is 370 g/mol. The van der Waals surface area contributed by atoms with E-state index in [0.29, 0.717) is 37.6 Å². The number of aryl methyl sites for hydroxylation is 1. The Morgan fingerprint density at radius 3 is 2.37 bits per heavy atom. The van der Waals surface area contributed by atoms with Crippen molar-refractivity contribution in [1.29, 1.82) is 0 Å². The predicted molar refractivity (Wildman–Crippen MR) is 104 cm³/mol. The Balaban J connectivity index is 1.59. The quantitative estimate of drug-likeness (QED) is 0.659. The van der Waals surface area contributed by atoms with Crippen LogP contribution in [0.3, 0.4) is 0 Å². The fraction of sp³-hybridized carbons (Fsp3) is 0.316. The van der Waals surface area contributed by atoms with E-state index in [1.807, 2.05) is 25.1 Å². The van der Waals surface area contributed by atoms with Crippen LogP contribution in [0.2, 0.25) is 0 Å². The maximum Gasteiger partial charge on any atom is 0.322 e. The summed E-state index contributed by atoms with van der Waals surface area (Å²) in [7, 11) is 1.57. The number of hydrogen-bond donors (Lipinski definition) is 1. The molecule has 0 saturated carbocycles. The van der Waals surface area contributed by atoms with Crippen molar-refractivity contribution < 1.29 is 14.5 Å². The van der Waals surface area contributed by atoms with E-state index in [9.17, 15) is 14.9 Å². The molecule has 2 aromatic rings. The molecule has 2 amide bonds. The fourth-order valence-corrected chi connectivity index (χ4v) is 3.07. The van der Waals surface area contributed by atoms with Crippen molar-refractivity contribution in [3.63, 3.8) is 0 Å². The van der Waals surface area contributed by atoms with Gasteiger partial charge in [0.25, 0.3) is 5.69 Å². The number of anilines is 2. The Kier molecular flexibility index (Phi) is 5.44. The first-order valence-corrected chi connectivity index (χ1v) is 8.68. The van der Waals surface area contributed by atoms with Crippen molar-refractivity contribution in [3.8, 4) is 5.75 Å². The molecule has 2 aromatic carbocycles. The van der Waals surface area contributed by atoms with Crippen molar-refractivity contribution in [2.45, 2.75) is 6.92 Å². The molecule has 0 aromatic heterocycles. The number of nitro benzene ring substituents is 1. The molecule has 0 spiro atoms. The highest BCUT2D eigenvalue weighted by atomic mass is 16.6. The molecule has 1 saturated heterocycles. The number of ether oxygens (including phenoxy) is 1. The Hall–Kier alpha value is -3.29. The van der Waals surface area contributed by atoms with Crippen molar-refractivity contribution >= 4 is 23.1 Å². The summed E-state index contributed by atoms with van der Waals surface area (Å²) < 4.78 is 5.30. The van der Waals surface area contributed by atoms with Crippen LogP contribution < -0.4 is 15.0 Å². The van der Waals surface area contributed by atoms with Crippen LogP contribution in [-0.4, -0.2) is 49.1 Å². The minimum absolute atomic E-state index is 0.0730. The number of nitrogens with zero attached hydrogens (tertiary/aromatic N) is 3. The van der Waals surface area contributed by atoms with Crippen molar-refractivity contribution in [1.82, 2.24) is 4.90 Å². The lowest BCUT2D eigenvalue weighted by Crippen LogP contribution is -2.50. The van der Waals surface area contributed by atoms with Gasteiger partial charge in [0, 0.05) is 44.0 Å². The zero-order valence-corrected chi connectivity index (χ0v) is 15.3. The number of non-ortho nitro benzene ring substituents is 1. The molecule has 8 nitrogen and oxygen atoms in total. The zero-order valence-electron chi connectivity index (χ0n) is 15.3. The smallest absolute Gasteiger partial charge is 0.322 e. The molecule has 1 fully saturated rings. The second-order valence-corrected chi connectivity index (χ2v) is 6.38. The summed E-state index contributed by atoms with van der Waals surface area (Å²) in [6.07, 6.45) is 0. The Morgan fingerprint density at radius 2 is 1.78 bits per heavy atom. The van der Waals surface area contributed by atoms with Gasteiger partial charge in [-0.15, -0.1) is 0 Å². The first-order valence-electron chi connectivity index (χ1n) is 8.68. The molecular weight excluding hydrogens is 348 g/mol. The normalized spacial score (nSPS) is 14.0. The SMILES string of the molecule is COc1ccc(C)cc1NC(=O)N1CCN(c2ccc([N+](=O)[O-])cc2)CC1. The van der Waals surface area contributed by atoms with E-state index < -0.39 is 4.92 Å². The molecule has 8 heteroatoms. The van der Waals surface area contributed by atoms with E-state index in [4.69, 9.17) is 4.74 Å². The zero-order chi connectivity index (χ0) is 19.4. The summed E-state index contributed by atoms with van der Waals surface area (Å²) in [6.45, 7) is 4.42. The Morgan fingerprint density at radius 1 is 1.11 bits per heavy atom. The highest BCUT2D eigenvalue weighted by Gasteiger charge is 2.22. The molecule has 0 atom stereocenters. The number of nitrogens with one attached hydrogen (secondary N) is 1. The van der Waals surface area contributed by atoms with Crippen LogP contribution >= 0.6 is 0 Å². The van der Waals surface area contributed by atoms with Crippen LogP contribution in [0.15, 0.2) is 42.5 Å². The second kappa shape index (κ2) is 7.94. The average molecular weight is 370 g/mol. The minimum atomic E-state index is -0.411. The third-order valence-corrected chi connectivity index (χ3v) is 4.59. The van der Waals surface area contributed by atoms with E-state index in [1.54, 1.807) is 24.1 Å². The Labute approximate surface area is 157 Å². The van der Waals surface area contributed by atoms with Crippen LogP contribution in [-0.2, 0) is 0 Å². The van der Waals surface area contributed by atoms with E-state index >= 15 is 0 Å². The highest BCUT2D eigenvalue weighted by molar-refractivity contribution is 5.91. The molecule has 0 unspecified atom stereocenters. The van der Waals surface area contributed by atoms with Crippen molar-refractivity contribution in [3.05, 3.63) is 58.1 Å². The topological polar surface area (TPSA) is 88.0 Å². The molecule has 1 aliphatic heterocycles. The van der Waals surface area contributed by atoms with Gasteiger partial charge in [0.05, 0.1) is 17.7 Å². The largest absolute Gasteiger partial charge is 0.495 e. The summed E-state index contributed by atoms with van der Waals surface area (Å²) in [4.78, 5) is 26.8. The molecule has 142 valence electrons. The van der Waals surface area contributed by atoms with Gasteiger partial charge in [-0.1, -0.05) is 6.07 Å². The van der Waals surface area contributed by atoms with Gasteiger partial charge in [-0.2, -0.15) is 0 Å². The number of hydrogen-bond acceptors (Lipinski definition) is 5. The predicted octanol–water partition coefficient (Wildman–Crippen LogP) is 3.27. The molecule has 27 heavy (non-hydrogen) atoms. The number of carbonyl (C=O) groups is 1. The third-order valence-electron chi connectivity index (χ3n) is 4.59. The van der Waals surface area contributed by atoms with Gasteiger partial charge in [0.1, 0.15) is 5.75 Å². The minimum Gasteiger partial charge on any atom is -0.495 e. The van der Waals surface area contributed by atoms with Gasteiger partial charge in [0.2, 0.25) is 0 Å². The van der Waals surface area contributed by atoms with Crippen LogP contribution in [0.4, 0.5) is 21.9 Å². The average Bonchev–Trinajstić information content (AvgIpc) is 2.68. The summed E-state index contributed by atoms with van der Waals surface area (Å²) in [6, 6.07) is 12.0. The van der Waals surface area contributed by atoms with Crippen LogP contribution in [0.1, 0.15) is 5.56 Å². The molecule has 3 rings (SSSR count). The molecule has 1 heterocycles. The van der Waals surface area contributed by atoms with Gasteiger partial charge in [-0.25, -0.2) is 4.79 Å². The number of nitro groups is 1. The summed E-state index contributed by atoms with van der Waals surface area (Å²) in [5.74, 6) is 0.624. The van der Waals surface area contributed by atoms with E-state index in [1.165, 1.54) is 12.1 Å². The summed E-state index contributed by atoms with van der Waals surface area (Å²) in [5, 5.41) is 13.7. The first kappa shape index (κ1) is 18.5. The molecule has 1 aliphatic rings. The summed E-state index contributed by atoms with van der Waals surface area (Å²) >= 11 is 0. The first-order chi connectivity index (χ1) is 13.0. The van der Waals surface area contributed by atoms with E-state index in [0.717, 1.165) is 11.3 Å². The van der Waals surface area contributed by atoms with Crippen LogP contribution in [0, 0.1) is 17.0 Å². The molecular formula is C19H22N4O4. The highest BCUT2D eigenvalue weighted by Crippen LogP contribution is 2.26. The summed E-state index contributed by atoms with van der Waals surface area (Å²) in [5.41, 5.74) is 2.68. The molecule has 0 bridgehead atoms. The number of benzene rings is 2. The van der Waals surface area contributed by atoms with E-state index in [-0.39, 0.29) is 11.7 Å². The number of urea groups is 1. The molecule has 0 radical (unpaired) electrons. The number of carbonyl (C=O) groups excluding carboxylic acids is 1. The standard InChI is InChI=1S/C19H22N4O4/c1-14-3-8-18(27-2)17(13-14)20-19(24)22-11-9-21(10-12-22)15-4-6-16(7-5-15)23(25)26/h3-8,13H,9-12H2,1-2H3,(H,20,24). The van der Waals surface area contributed by atoms with Crippen LogP contribution in [0.25, 0.3) is 0 Å². The van der Waals surface area contributed by atoms with Crippen LogP contribution in [0.5, 0.6) is 5.75 Å². The molecule has 1 N–H and O–H groups in total. The van der Waals surface area contributed by atoms with Gasteiger partial charge in [-0.3, -0.25) is 10.1 Å². The lowest BCUT2D eigenvalue weighted by atomic mass is 10.2. The number of methoxy groups -OCH3 is 1. The second-order valence-electron chi connectivity index (χ2n) is 6.38. The fourth-order valence-electron chi connectivity index (χ4n) is 3.07. The maximum absolute atomic E-state index is 12.6. The third kappa shape index (κ3) is 4.28. The Bertz CT molecular complexity index is 830. The van der Waals surface area contributed by atoms with Crippen molar-refractivity contribution in [2.24, 2.45) is 0 Å².